The number of non-ortho nitro benzene ring substituents is 1. The zero-order chi connectivity index (χ0) is 23.3. The van der Waals surface area contributed by atoms with Crippen molar-refractivity contribution < 1.29 is 24.0 Å². The molecule has 1 N–H and O–H groups in total. The Kier molecular flexibility index (Phi) is 7.21. The van der Waals surface area contributed by atoms with Crippen LogP contribution in [0.1, 0.15) is 25.8 Å². The molecule has 0 spiro atoms. The Bertz CT molecular complexity index is 1050. The van der Waals surface area contributed by atoms with Crippen LogP contribution in [0.2, 0.25) is 0 Å². The largest absolute Gasteiger partial charge is 0.495 e. The Morgan fingerprint density at radius 3 is 2.38 bits per heavy atom. The maximum atomic E-state index is 13.2. The molecule has 1 aliphatic heterocycles. The summed E-state index contributed by atoms with van der Waals surface area (Å²) in [6, 6.07) is 12.6. The van der Waals surface area contributed by atoms with Crippen molar-refractivity contribution in [2.24, 2.45) is 0 Å². The molecule has 0 radical (unpaired) electrons. The molecule has 0 unspecified atom stereocenters. The van der Waals surface area contributed by atoms with Crippen molar-refractivity contribution in [2.45, 2.75) is 26.4 Å². The molecule has 0 aliphatic carbocycles. The Hall–Kier alpha value is -3.72. The molecule has 9 nitrogen and oxygen atoms in total. The highest BCUT2D eigenvalue weighted by molar-refractivity contribution is 6.36. The van der Waals surface area contributed by atoms with E-state index in [2.05, 4.69) is 5.32 Å². The third-order valence-electron chi connectivity index (χ3n) is 4.88. The summed E-state index contributed by atoms with van der Waals surface area (Å²) in [6.45, 7) is 4.43. The van der Waals surface area contributed by atoms with Crippen LogP contribution in [-0.2, 0) is 14.3 Å². The standard InChI is InChI=1S/C23H25N3O6/c1-15(2)32-14-6-13-25-22(27)20(16-9-11-17(12-10-16)26(29)30)21(23(25)28)24-18-7-4-5-8-19(18)31-3/h4-5,7-12,15,24H,6,13-14H2,1-3H3. The summed E-state index contributed by atoms with van der Waals surface area (Å²) < 4.78 is 10.9. The van der Waals surface area contributed by atoms with Crippen LogP contribution in [0.15, 0.2) is 54.2 Å². The number of methoxy groups -OCH3 is 1. The van der Waals surface area contributed by atoms with Gasteiger partial charge in [-0.25, -0.2) is 0 Å². The summed E-state index contributed by atoms with van der Waals surface area (Å²) in [5.41, 5.74) is 1.08. The van der Waals surface area contributed by atoms with Gasteiger partial charge in [-0.15, -0.1) is 0 Å². The molecular weight excluding hydrogens is 414 g/mol. The lowest BCUT2D eigenvalue weighted by molar-refractivity contribution is -0.384. The first-order valence-electron chi connectivity index (χ1n) is 10.2. The molecule has 0 saturated heterocycles. The molecule has 2 aromatic rings. The number of carbonyl (C=O) groups excluding carboxylic acids is 2. The third kappa shape index (κ3) is 4.94. The summed E-state index contributed by atoms with van der Waals surface area (Å²) in [5, 5.41) is 14.0. The van der Waals surface area contributed by atoms with Gasteiger partial charge < -0.3 is 14.8 Å². The predicted molar refractivity (Wildman–Crippen MR) is 119 cm³/mol. The number of nitro benzene ring substituents is 1. The first-order chi connectivity index (χ1) is 15.3. The molecule has 0 saturated carbocycles. The topological polar surface area (TPSA) is 111 Å². The number of benzene rings is 2. The SMILES string of the molecule is COc1ccccc1NC1=C(c2ccc([N+](=O)[O-])cc2)C(=O)N(CCCOC(C)C)C1=O. The maximum Gasteiger partial charge on any atom is 0.278 e. The van der Waals surface area contributed by atoms with Gasteiger partial charge in [-0.1, -0.05) is 12.1 Å². The van der Waals surface area contributed by atoms with Gasteiger partial charge in [0.15, 0.2) is 0 Å². The van der Waals surface area contributed by atoms with Gasteiger partial charge in [-0.3, -0.25) is 24.6 Å². The Balaban J connectivity index is 1.95. The third-order valence-corrected chi connectivity index (χ3v) is 4.88. The van der Waals surface area contributed by atoms with Crippen LogP contribution in [0, 0.1) is 10.1 Å². The van der Waals surface area contributed by atoms with E-state index in [4.69, 9.17) is 9.47 Å². The van der Waals surface area contributed by atoms with Gasteiger partial charge in [0, 0.05) is 25.3 Å². The van der Waals surface area contributed by atoms with Crippen molar-refractivity contribution in [3.63, 3.8) is 0 Å². The van der Waals surface area contributed by atoms with Crippen molar-refractivity contribution >= 4 is 28.8 Å². The second-order valence-corrected chi connectivity index (χ2v) is 7.41. The lowest BCUT2D eigenvalue weighted by Crippen LogP contribution is -2.34. The molecule has 168 valence electrons. The Labute approximate surface area is 185 Å². The Morgan fingerprint density at radius 2 is 1.75 bits per heavy atom. The second kappa shape index (κ2) is 10.1. The molecular formula is C23H25N3O6. The van der Waals surface area contributed by atoms with Crippen LogP contribution >= 0.6 is 0 Å². The average Bonchev–Trinajstić information content (AvgIpc) is 3.00. The highest BCUT2D eigenvalue weighted by Crippen LogP contribution is 2.33. The summed E-state index contributed by atoms with van der Waals surface area (Å²) in [4.78, 5) is 38.1. The lowest BCUT2D eigenvalue weighted by Gasteiger charge is -2.16. The van der Waals surface area contributed by atoms with E-state index in [1.165, 1.54) is 31.4 Å². The minimum absolute atomic E-state index is 0.0524. The molecule has 0 aromatic heterocycles. The van der Waals surface area contributed by atoms with Gasteiger partial charge in [-0.05, 0) is 50.1 Å². The first kappa shape index (κ1) is 23.0. The number of nitrogens with zero attached hydrogens (tertiary/aromatic N) is 2. The van der Waals surface area contributed by atoms with E-state index in [0.717, 1.165) is 4.90 Å². The molecule has 0 atom stereocenters. The fourth-order valence-electron chi connectivity index (χ4n) is 3.34. The van der Waals surface area contributed by atoms with Gasteiger partial charge in [0.05, 0.1) is 29.4 Å². The minimum Gasteiger partial charge on any atom is -0.495 e. The normalized spacial score (nSPS) is 13.8. The fourth-order valence-corrected chi connectivity index (χ4v) is 3.34. The second-order valence-electron chi connectivity index (χ2n) is 7.41. The number of nitro groups is 1. The predicted octanol–water partition coefficient (Wildman–Crippen LogP) is 3.61. The lowest BCUT2D eigenvalue weighted by atomic mass is 10.0. The van der Waals surface area contributed by atoms with E-state index in [1.807, 2.05) is 13.8 Å². The van der Waals surface area contributed by atoms with E-state index in [0.29, 0.717) is 30.0 Å². The van der Waals surface area contributed by atoms with Crippen molar-refractivity contribution in [1.29, 1.82) is 0 Å². The number of para-hydroxylation sites is 2. The van der Waals surface area contributed by atoms with Gasteiger partial charge in [0.1, 0.15) is 11.4 Å². The van der Waals surface area contributed by atoms with Crippen molar-refractivity contribution in [2.75, 3.05) is 25.6 Å². The molecule has 1 heterocycles. The number of rotatable bonds is 10. The van der Waals surface area contributed by atoms with E-state index in [9.17, 15) is 19.7 Å². The summed E-state index contributed by atoms with van der Waals surface area (Å²) in [6.07, 6.45) is 0.544. The van der Waals surface area contributed by atoms with E-state index in [-0.39, 0.29) is 29.6 Å². The first-order valence-corrected chi connectivity index (χ1v) is 10.2. The molecule has 2 amide bonds. The number of imide groups is 1. The zero-order valence-corrected chi connectivity index (χ0v) is 18.2. The smallest absolute Gasteiger partial charge is 0.278 e. The number of nitrogens with one attached hydrogen (secondary N) is 1. The molecule has 9 heteroatoms. The van der Waals surface area contributed by atoms with Crippen molar-refractivity contribution in [1.82, 2.24) is 4.90 Å². The number of carbonyl (C=O) groups is 2. The van der Waals surface area contributed by atoms with Crippen molar-refractivity contribution in [3.8, 4) is 5.75 Å². The maximum absolute atomic E-state index is 13.2. The Morgan fingerprint density at radius 1 is 1.06 bits per heavy atom. The van der Waals surface area contributed by atoms with Crippen LogP contribution in [0.3, 0.4) is 0 Å². The van der Waals surface area contributed by atoms with Crippen LogP contribution in [0.5, 0.6) is 5.75 Å². The van der Waals surface area contributed by atoms with E-state index < -0.39 is 16.7 Å². The van der Waals surface area contributed by atoms with Crippen LogP contribution in [0.25, 0.3) is 5.57 Å². The minimum atomic E-state index is -0.519. The highest BCUT2D eigenvalue weighted by atomic mass is 16.6. The molecule has 0 bridgehead atoms. The molecule has 32 heavy (non-hydrogen) atoms. The highest BCUT2D eigenvalue weighted by Gasteiger charge is 2.39. The van der Waals surface area contributed by atoms with Gasteiger partial charge in [-0.2, -0.15) is 0 Å². The number of hydrogen-bond acceptors (Lipinski definition) is 7. The molecule has 1 aliphatic rings. The summed E-state index contributed by atoms with van der Waals surface area (Å²) in [5.74, 6) is -0.434. The molecule has 0 fully saturated rings. The molecule has 2 aromatic carbocycles. The summed E-state index contributed by atoms with van der Waals surface area (Å²) >= 11 is 0. The monoisotopic (exact) mass is 439 g/mol. The van der Waals surface area contributed by atoms with Gasteiger partial charge >= 0.3 is 0 Å². The average molecular weight is 439 g/mol. The van der Waals surface area contributed by atoms with E-state index in [1.54, 1.807) is 24.3 Å². The summed E-state index contributed by atoms with van der Waals surface area (Å²) in [7, 11) is 1.51. The van der Waals surface area contributed by atoms with Crippen LogP contribution < -0.4 is 10.1 Å². The van der Waals surface area contributed by atoms with E-state index >= 15 is 0 Å². The number of anilines is 1. The van der Waals surface area contributed by atoms with Crippen LogP contribution in [0.4, 0.5) is 11.4 Å². The number of hydrogen-bond donors (Lipinski definition) is 1. The molecule has 3 rings (SSSR count). The zero-order valence-electron chi connectivity index (χ0n) is 18.2. The van der Waals surface area contributed by atoms with Gasteiger partial charge in [0.2, 0.25) is 0 Å². The van der Waals surface area contributed by atoms with Gasteiger partial charge in [0.25, 0.3) is 17.5 Å². The van der Waals surface area contributed by atoms with Crippen LogP contribution in [-0.4, -0.2) is 48.0 Å². The number of amides is 2. The fraction of sp³-hybridized carbons (Fsp3) is 0.304. The van der Waals surface area contributed by atoms with Crippen molar-refractivity contribution in [3.05, 3.63) is 69.9 Å². The number of ether oxygens (including phenoxy) is 2. The quantitative estimate of drug-likeness (QED) is 0.260.